The molecule has 1 fully saturated rings. The summed E-state index contributed by atoms with van der Waals surface area (Å²) in [6.07, 6.45) is 5.35. The van der Waals surface area contributed by atoms with E-state index < -0.39 is 0 Å². The Morgan fingerprint density at radius 1 is 1.36 bits per heavy atom. The lowest BCUT2D eigenvalue weighted by molar-refractivity contribution is -0.131. The van der Waals surface area contributed by atoms with Crippen LogP contribution in [0.4, 0.5) is 0 Å². The highest BCUT2D eigenvalue weighted by molar-refractivity contribution is 5.97. The van der Waals surface area contributed by atoms with Crippen LogP contribution in [-0.2, 0) is 9.53 Å². The van der Waals surface area contributed by atoms with E-state index in [0.29, 0.717) is 30.6 Å². The van der Waals surface area contributed by atoms with Crippen molar-refractivity contribution in [3.05, 3.63) is 23.4 Å². The van der Waals surface area contributed by atoms with E-state index in [1.165, 1.54) is 19.3 Å². The lowest BCUT2D eigenvalue weighted by atomic mass is 9.99. The van der Waals surface area contributed by atoms with Gasteiger partial charge in [0, 0.05) is 51.3 Å². The lowest BCUT2D eigenvalue weighted by Gasteiger charge is -2.37. The third kappa shape index (κ3) is 7.42. The van der Waals surface area contributed by atoms with Crippen LogP contribution in [-0.4, -0.2) is 109 Å². The van der Waals surface area contributed by atoms with E-state index in [1.807, 2.05) is 13.8 Å². The van der Waals surface area contributed by atoms with Crippen molar-refractivity contribution in [2.75, 3.05) is 60.1 Å². The van der Waals surface area contributed by atoms with E-state index in [1.54, 1.807) is 36.2 Å². The standard InChI is InChI=1S/C27H40N4O5/c1-20-17-31(21(2)19-32)27(34)23-15-22(9-8-14-35-4)16-28-26(23)36-24(20)18-29(3)25(33)10-13-30-11-6-5-7-12-30/h15-16,20-21,24,32H,5-7,10-14,17-19H2,1-4H3/t20-,21+,24+/m0/s1. The number of piperidine rings is 1. The molecule has 1 N–H and O–H groups in total. The van der Waals surface area contributed by atoms with Gasteiger partial charge in [-0.15, -0.1) is 0 Å². The molecule has 0 bridgehead atoms. The molecule has 3 atom stereocenters. The first-order valence-electron chi connectivity index (χ1n) is 12.9. The molecule has 9 heteroatoms. The van der Waals surface area contributed by atoms with Crippen LogP contribution in [0.5, 0.6) is 5.88 Å². The number of pyridine rings is 1. The summed E-state index contributed by atoms with van der Waals surface area (Å²) >= 11 is 0. The van der Waals surface area contributed by atoms with Crippen molar-refractivity contribution in [1.82, 2.24) is 19.7 Å². The average molecular weight is 501 g/mol. The number of methoxy groups -OCH3 is 1. The number of carbonyl (C=O) groups excluding carboxylic acids is 2. The molecule has 1 saturated heterocycles. The Morgan fingerprint density at radius 3 is 2.81 bits per heavy atom. The van der Waals surface area contributed by atoms with Gasteiger partial charge in [0.25, 0.3) is 5.91 Å². The van der Waals surface area contributed by atoms with Crippen molar-refractivity contribution < 1.29 is 24.2 Å². The fourth-order valence-corrected chi connectivity index (χ4v) is 4.60. The Kier molecular flexibility index (Phi) is 10.5. The van der Waals surface area contributed by atoms with Crippen LogP contribution in [0.25, 0.3) is 0 Å². The number of hydrogen-bond acceptors (Lipinski definition) is 7. The van der Waals surface area contributed by atoms with Gasteiger partial charge in [-0.25, -0.2) is 4.98 Å². The molecule has 0 aliphatic carbocycles. The summed E-state index contributed by atoms with van der Waals surface area (Å²) in [5.74, 6) is 5.77. The number of aromatic nitrogens is 1. The van der Waals surface area contributed by atoms with Crippen LogP contribution >= 0.6 is 0 Å². The number of rotatable bonds is 8. The highest BCUT2D eigenvalue weighted by atomic mass is 16.5. The second-order valence-corrected chi connectivity index (χ2v) is 9.86. The zero-order valence-electron chi connectivity index (χ0n) is 22.0. The Labute approximate surface area is 214 Å². The minimum atomic E-state index is -0.376. The molecule has 3 rings (SSSR count). The summed E-state index contributed by atoms with van der Waals surface area (Å²) in [5, 5.41) is 9.82. The largest absolute Gasteiger partial charge is 0.472 e. The predicted octanol–water partition coefficient (Wildman–Crippen LogP) is 1.63. The fourth-order valence-electron chi connectivity index (χ4n) is 4.60. The minimum absolute atomic E-state index is 0.0760. The van der Waals surface area contributed by atoms with Crippen LogP contribution in [0.2, 0.25) is 0 Å². The number of nitrogens with zero attached hydrogens (tertiary/aromatic N) is 4. The molecule has 9 nitrogen and oxygen atoms in total. The molecular weight excluding hydrogens is 460 g/mol. The molecule has 0 spiro atoms. The van der Waals surface area contributed by atoms with Gasteiger partial charge in [0.2, 0.25) is 11.8 Å². The quantitative estimate of drug-likeness (QED) is 0.542. The van der Waals surface area contributed by atoms with Gasteiger partial charge < -0.3 is 29.3 Å². The molecule has 198 valence electrons. The zero-order valence-corrected chi connectivity index (χ0v) is 22.0. The number of hydrogen-bond donors (Lipinski definition) is 1. The first-order chi connectivity index (χ1) is 17.3. The molecular formula is C27H40N4O5. The lowest BCUT2D eigenvalue weighted by Crippen LogP contribution is -2.50. The van der Waals surface area contributed by atoms with Crippen LogP contribution in [0.15, 0.2) is 12.3 Å². The van der Waals surface area contributed by atoms with Crippen LogP contribution in [0, 0.1) is 17.8 Å². The number of amides is 2. The van der Waals surface area contributed by atoms with Gasteiger partial charge in [-0.1, -0.05) is 25.2 Å². The van der Waals surface area contributed by atoms with E-state index in [0.717, 1.165) is 19.6 Å². The van der Waals surface area contributed by atoms with Gasteiger partial charge in [0.05, 0.1) is 19.2 Å². The number of likely N-dealkylation sites (N-methyl/N-ethyl adjacent to an activating group) is 1. The number of aliphatic hydroxyl groups excluding tert-OH is 1. The summed E-state index contributed by atoms with van der Waals surface area (Å²) in [5.41, 5.74) is 0.880. The molecule has 2 aliphatic rings. The number of likely N-dealkylation sites (tertiary alicyclic amines) is 1. The third-order valence-electron chi connectivity index (χ3n) is 6.94. The number of ether oxygens (including phenoxy) is 2. The van der Waals surface area contributed by atoms with Crippen molar-refractivity contribution in [1.29, 1.82) is 0 Å². The predicted molar refractivity (Wildman–Crippen MR) is 137 cm³/mol. The molecule has 3 heterocycles. The van der Waals surface area contributed by atoms with Gasteiger partial charge in [-0.3, -0.25) is 9.59 Å². The van der Waals surface area contributed by atoms with Crippen LogP contribution in [0.1, 0.15) is 55.5 Å². The Balaban J connectivity index is 1.78. The molecule has 1 aromatic rings. The first-order valence-corrected chi connectivity index (χ1v) is 12.9. The molecule has 1 aromatic heterocycles. The van der Waals surface area contributed by atoms with Crippen molar-refractivity contribution in [2.24, 2.45) is 5.92 Å². The number of fused-ring (bicyclic) bond motifs is 1. The van der Waals surface area contributed by atoms with E-state index in [9.17, 15) is 14.7 Å². The molecule has 2 aliphatic heterocycles. The van der Waals surface area contributed by atoms with E-state index in [-0.39, 0.29) is 49.0 Å². The normalized spacial score (nSPS) is 21.4. The first kappa shape index (κ1) is 27.9. The smallest absolute Gasteiger partial charge is 0.259 e. The highest BCUT2D eigenvalue weighted by Crippen LogP contribution is 2.27. The monoisotopic (exact) mass is 500 g/mol. The Bertz CT molecular complexity index is 953. The summed E-state index contributed by atoms with van der Waals surface area (Å²) in [6.45, 7) is 7.59. The third-order valence-corrected chi connectivity index (χ3v) is 6.94. The zero-order chi connectivity index (χ0) is 26.1. The molecule has 0 aromatic carbocycles. The van der Waals surface area contributed by atoms with Crippen molar-refractivity contribution in [3.63, 3.8) is 0 Å². The van der Waals surface area contributed by atoms with E-state index in [4.69, 9.17) is 9.47 Å². The minimum Gasteiger partial charge on any atom is -0.472 e. The maximum absolute atomic E-state index is 13.4. The summed E-state index contributed by atoms with van der Waals surface area (Å²) in [4.78, 5) is 36.5. The highest BCUT2D eigenvalue weighted by Gasteiger charge is 2.34. The number of aliphatic hydroxyl groups is 1. The fraction of sp³-hybridized carbons (Fsp3) is 0.667. The van der Waals surface area contributed by atoms with Crippen LogP contribution in [0.3, 0.4) is 0 Å². The molecule has 0 radical (unpaired) electrons. The maximum Gasteiger partial charge on any atom is 0.259 e. The average Bonchev–Trinajstić information content (AvgIpc) is 2.89. The molecule has 0 unspecified atom stereocenters. The topological polar surface area (TPSA) is 95.4 Å². The van der Waals surface area contributed by atoms with Gasteiger partial charge in [-0.05, 0) is 38.9 Å². The molecule has 0 saturated carbocycles. The molecule has 2 amide bonds. The Morgan fingerprint density at radius 2 is 2.11 bits per heavy atom. The summed E-state index contributed by atoms with van der Waals surface area (Å²) in [6, 6.07) is 1.30. The van der Waals surface area contributed by atoms with Gasteiger partial charge in [0.1, 0.15) is 18.3 Å². The molecule has 36 heavy (non-hydrogen) atoms. The summed E-state index contributed by atoms with van der Waals surface area (Å²) in [7, 11) is 3.37. The Hall–Kier alpha value is -2.67. The summed E-state index contributed by atoms with van der Waals surface area (Å²) < 4.78 is 11.3. The van der Waals surface area contributed by atoms with Crippen molar-refractivity contribution in [2.45, 2.75) is 51.7 Å². The van der Waals surface area contributed by atoms with Gasteiger partial charge in [0.15, 0.2) is 0 Å². The van der Waals surface area contributed by atoms with Crippen molar-refractivity contribution >= 4 is 11.8 Å². The van der Waals surface area contributed by atoms with Gasteiger partial charge >= 0.3 is 0 Å². The second-order valence-electron chi connectivity index (χ2n) is 9.86. The maximum atomic E-state index is 13.4. The van der Waals surface area contributed by atoms with Gasteiger partial charge in [-0.2, -0.15) is 0 Å². The van der Waals surface area contributed by atoms with E-state index >= 15 is 0 Å². The van der Waals surface area contributed by atoms with E-state index in [2.05, 4.69) is 21.7 Å². The van der Waals surface area contributed by atoms with Crippen LogP contribution < -0.4 is 4.74 Å². The number of carbonyl (C=O) groups is 2. The second kappa shape index (κ2) is 13.6. The van der Waals surface area contributed by atoms with Crippen molar-refractivity contribution in [3.8, 4) is 17.7 Å². The SMILES string of the molecule is COCC#Cc1cnc2c(c1)C(=O)N([C@H](C)CO)C[C@H](C)[C@@H](CN(C)C(=O)CCN1CCCCC1)O2.